The second-order valence-electron chi connectivity index (χ2n) is 11.7. The summed E-state index contributed by atoms with van der Waals surface area (Å²) < 4.78 is 17.1. The molecule has 3 aliphatic rings. The van der Waals surface area contributed by atoms with Gasteiger partial charge >= 0.3 is 5.69 Å². The fourth-order valence-electron chi connectivity index (χ4n) is 6.79. The van der Waals surface area contributed by atoms with Crippen LogP contribution in [-0.4, -0.2) is 54.9 Å². The van der Waals surface area contributed by atoms with E-state index in [1.165, 1.54) is 10.6 Å². The lowest BCUT2D eigenvalue weighted by Gasteiger charge is -2.32. The Kier molecular flexibility index (Phi) is 8.20. The number of nitrogens with zero attached hydrogens (tertiary/aromatic N) is 4. The zero-order chi connectivity index (χ0) is 29.4. The molecule has 0 radical (unpaired) electrons. The molecule has 42 heavy (non-hydrogen) atoms. The number of rotatable bonds is 6. The minimum Gasteiger partial charge on any atom is -0.353 e. The lowest BCUT2D eigenvalue weighted by atomic mass is 9.90. The van der Waals surface area contributed by atoms with E-state index in [1.807, 2.05) is 49.0 Å². The number of carbonyl (C=O) groups excluding carboxylic acids is 2. The third-order valence-electron chi connectivity index (χ3n) is 9.17. The molecule has 222 valence electrons. The standard InChI is InChI=1S/C31H36FN5O4S/c1-19(20-5-3-2-4-6-20)35-18-21(15-27(35)38)29(39)34-23-7-9-24(10-8-23)37-30(40)26-16-22(32)17-33-28(26)36(31(37)41)25-11-13-42-14-12-25/h2-6,16-17,19,21,23-25H,7-15,18H2,1H3,(H,34,39)/t19-,21?,23?,24?/m1/s1. The second kappa shape index (κ2) is 12.0. The highest BCUT2D eigenvalue weighted by molar-refractivity contribution is 7.99. The summed E-state index contributed by atoms with van der Waals surface area (Å²) in [5.74, 6) is 0.663. The highest BCUT2D eigenvalue weighted by Gasteiger charge is 2.38. The fraction of sp³-hybridized carbons (Fsp3) is 0.516. The maximum atomic E-state index is 14.2. The van der Waals surface area contributed by atoms with Gasteiger partial charge in [0.25, 0.3) is 5.56 Å². The SMILES string of the molecule is C[C@H](c1ccccc1)N1CC(C(=O)NC2CCC(n3c(=O)c4cc(F)cnc4n(C4CCSCC4)c3=O)CC2)CC1=O. The van der Waals surface area contributed by atoms with Crippen molar-refractivity contribution >= 4 is 34.6 Å². The number of pyridine rings is 1. The Morgan fingerprint density at radius 2 is 1.69 bits per heavy atom. The first-order chi connectivity index (χ1) is 20.3. The number of likely N-dealkylation sites (tertiary alicyclic amines) is 1. The average Bonchev–Trinajstić information content (AvgIpc) is 3.40. The Labute approximate surface area is 247 Å². The van der Waals surface area contributed by atoms with Crippen molar-refractivity contribution < 1.29 is 14.0 Å². The molecule has 9 nitrogen and oxygen atoms in total. The Hall–Kier alpha value is -3.47. The van der Waals surface area contributed by atoms with Crippen molar-refractivity contribution in [2.45, 2.75) is 76.0 Å². The number of halogens is 1. The number of nitrogens with one attached hydrogen (secondary N) is 1. The van der Waals surface area contributed by atoms with Crippen LogP contribution in [0.2, 0.25) is 0 Å². The molecular formula is C31H36FN5O4S. The number of thioether (sulfide) groups is 1. The highest BCUT2D eigenvalue weighted by atomic mass is 32.2. The van der Waals surface area contributed by atoms with Gasteiger partial charge in [-0.2, -0.15) is 11.8 Å². The van der Waals surface area contributed by atoms with E-state index in [0.29, 0.717) is 32.2 Å². The number of amides is 2. The molecule has 3 aromatic rings. The van der Waals surface area contributed by atoms with Crippen LogP contribution in [0, 0.1) is 11.7 Å². The molecule has 2 atom stereocenters. The molecule has 3 fully saturated rings. The molecule has 0 bridgehead atoms. The van der Waals surface area contributed by atoms with Gasteiger partial charge in [0.1, 0.15) is 11.5 Å². The first kappa shape index (κ1) is 28.6. The summed E-state index contributed by atoms with van der Waals surface area (Å²) in [6.07, 6.45) is 5.12. The van der Waals surface area contributed by atoms with Crippen molar-refractivity contribution in [2.24, 2.45) is 5.92 Å². The van der Waals surface area contributed by atoms with Crippen LogP contribution in [0.1, 0.15) is 75.6 Å². The molecule has 2 aromatic heterocycles. The van der Waals surface area contributed by atoms with Crippen LogP contribution >= 0.6 is 11.8 Å². The Bertz CT molecular complexity index is 1590. The topological polar surface area (TPSA) is 106 Å². The summed E-state index contributed by atoms with van der Waals surface area (Å²) in [6.45, 7) is 2.36. The number of fused-ring (bicyclic) bond motifs is 1. The number of aromatic nitrogens is 3. The number of hydrogen-bond acceptors (Lipinski definition) is 6. The maximum Gasteiger partial charge on any atom is 0.333 e. The van der Waals surface area contributed by atoms with Gasteiger partial charge in [-0.3, -0.25) is 23.5 Å². The van der Waals surface area contributed by atoms with Gasteiger partial charge in [-0.1, -0.05) is 30.3 Å². The van der Waals surface area contributed by atoms with E-state index in [0.717, 1.165) is 36.1 Å². The summed E-state index contributed by atoms with van der Waals surface area (Å²) in [7, 11) is 0. The molecule has 1 aliphatic carbocycles. The zero-order valence-electron chi connectivity index (χ0n) is 23.7. The van der Waals surface area contributed by atoms with Crippen molar-refractivity contribution in [3.05, 3.63) is 74.8 Å². The van der Waals surface area contributed by atoms with Gasteiger partial charge in [-0.05, 0) is 68.6 Å². The molecule has 0 spiro atoms. The first-order valence-electron chi connectivity index (χ1n) is 14.9. The van der Waals surface area contributed by atoms with Crippen LogP contribution in [-0.2, 0) is 9.59 Å². The Balaban J connectivity index is 1.15. The molecule has 6 rings (SSSR count). The van der Waals surface area contributed by atoms with E-state index in [4.69, 9.17) is 0 Å². The number of hydrogen-bond donors (Lipinski definition) is 1. The molecule has 1 aromatic carbocycles. The fourth-order valence-corrected chi connectivity index (χ4v) is 7.87. The molecule has 1 unspecified atom stereocenters. The Morgan fingerprint density at radius 1 is 1.00 bits per heavy atom. The van der Waals surface area contributed by atoms with Crippen molar-refractivity contribution in [2.75, 3.05) is 18.1 Å². The maximum absolute atomic E-state index is 14.2. The van der Waals surface area contributed by atoms with E-state index in [-0.39, 0.29) is 59.1 Å². The van der Waals surface area contributed by atoms with Crippen LogP contribution in [0.25, 0.3) is 11.0 Å². The van der Waals surface area contributed by atoms with Gasteiger partial charge in [0.2, 0.25) is 11.8 Å². The quantitative estimate of drug-likeness (QED) is 0.464. The predicted octanol–water partition coefficient (Wildman–Crippen LogP) is 3.98. The molecule has 11 heteroatoms. The molecule has 2 saturated heterocycles. The van der Waals surface area contributed by atoms with Crippen LogP contribution < -0.4 is 16.6 Å². The molecular weight excluding hydrogens is 557 g/mol. The smallest absolute Gasteiger partial charge is 0.333 e. The molecule has 2 aliphatic heterocycles. The van der Waals surface area contributed by atoms with Crippen molar-refractivity contribution in [1.29, 1.82) is 0 Å². The minimum atomic E-state index is -0.607. The van der Waals surface area contributed by atoms with E-state index < -0.39 is 17.3 Å². The largest absolute Gasteiger partial charge is 0.353 e. The second-order valence-corrected chi connectivity index (χ2v) is 13.0. The third kappa shape index (κ3) is 5.50. The molecule has 2 amide bonds. The monoisotopic (exact) mass is 593 g/mol. The lowest BCUT2D eigenvalue weighted by Crippen LogP contribution is -2.47. The molecule has 1 N–H and O–H groups in total. The van der Waals surface area contributed by atoms with Gasteiger partial charge in [-0.25, -0.2) is 14.2 Å². The summed E-state index contributed by atoms with van der Waals surface area (Å²) in [6, 6.07) is 10.4. The van der Waals surface area contributed by atoms with E-state index in [1.54, 1.807) is 9.47 Å². The van der Waals surface area contributed by atoms with Crippen molar-refractivity contribution in [1.82, 2.24) is 24.3 Å². The molecule has 1 saturated carbocycles. The minimum absolute atomic E-state index is 0.0235. The zero-order valence-corrected chi connectivity index (χ0v) is 24.5. The summed E-state index contributed by atoms with van der Waals surface area (Å²) in [4.78, 5) is 59.2. The van der Waals surface area contributed by atoms with E-state index in [9.17, 15) is 23.6 Å². The van der Waals surface area contributed by atoms with Crippen LogP contribution in [0.15, 0.2) is 52.2 Å². The van der Waals surface area contributed by atoms with Crippen LogP contribution in [0.3, 0.4) is 0 Å². The molecule has 4 heterocycles. The van der Waals surface area contributed by atoms with Crippen molar-refractivity contribution in [3.8, 4) is 0 Å². The Morgan fingerprint density at radius 3 is 2.40 bits per heavy atom. The predicted molar refractivity (Wildman–Crippen MR) is 160 cm³/mol. The van der Waals surface area contributed by atoms with Gasteiger partial charge in [0, 0.05) is 31.1 Å². The van der Waals surface area contributed by atoms with Gasteiger partial charge < -0.3 is 10.2 Å². The normalized spacial score (nSPS) is 24.2. The average molecular weight is 594 g/mol. The summed E-state index contributed by atoms with van der Waals surface area (Å²) in [5, 5.41) is 3.26. The third-order valence-corrected chi connectivity index (χ3v) is 10.2. The number of benzene rings is 1. The summed E-state index contributed by atoms with van der Waals surface area (Å²) in [5.41, 5.74) is 0.400. The van der Waals surface area contributed by atoms with Gasteiger partial charge in [0.15, 0.2) is 0 Å². The first-order valence-corrected chi connectivity index (χ1v) is 16.0. The van der Waals surface area contributed by atoms with Crippen LogP contribution in [0.4, 0.5) is 4.39 Å². The van der Waals surface area contributed by atoms with Crippen LogP contribution in [0.5, 0.6) is 0 Å². The number of carbonyl (C=O) groups is 2. The van der Waals surface area contributed by atoms with Gasteiger partial charge in [0.05, 0.1) is 23.5 Å². The van der Waals surface area contributed by atoms with E-state index in [2.05, 4.69) is 10.3 Å². The van der Waals surface area contributed by atoms with Gasteiger partial charge in [-0.15, -0.1) is 0 Å². The summed E-state index contributed by atoms with van der Waals surface area (Å²) >= 11 is 1.84. The van der Waals surface area contributed by atoms with Crippen molar-refractivity contribution in [3.63, 3.8) is 0 Å². The van der Waals surface area contributed by atoms with E-state index >= 15 is 0 Å². The highest BCUT2D eigenvalue weighted by Crippen LogP contribution is 2.32. The lowest BCUT2D eigenvalue weighted by molar-refractivity contribution is -0.130.